The van der Waals surface area contributed by atoms with Crippen LogP contribution in [0.4, 0.5) is 0 Å². The van der Waals surface area contributed by atoms with Gasteiger partial charge in [0.15, 0.2) is 0 Å². The number of aromatic hydroxyl groups is 1. The molecule has 0 radical (unpaired) electrons. The SMILES string of the molecule is CC(C)(C)CC(C)(C)c1cccc(O)c1C(=O)O. The van der Waals surface area contributed by atoms with Gasteiger partial charge in [0.2, 0.25) is 0 Å². The van der Waals surface area contributed by atoms with Gasteiger partial charge in [-0.15, -0.1) is 0 Å². The fourth-order valence-corrected chi connectivity index (χ4v) is 2.75. The molecule has 3 heteroatoms. The zero-order chi connectivity index (χ0) is 14.1. The van der Waals surface area contributed by atoms with E-state index in [1.54, 1.807) is 12.1 Å². The van der Waals surface area contributed by atoms with Crippen molar-refractivity contribution in [2.45, 2.75) is 46.5 Å². The second-order valence-electron chi connectivity index (χ2n) is 6.63. The van der Waals surface area contributed by atoms with E-state index < -0.39 is 5.97 Å². The van der Waals surface area contributed by atoms with E-state index in [1.807, 2.05) is 13.8 Å². The Morgan fingerprint density at radius 3 is 2.17 bits per heavy atom. The van der Waals surface area contributed by atoms with Crippen LogP contribution in [-0.2, 0) is 5.41 Å². The van der Waals surface area contributed by atoms with Crippen LogP contribution in [0, 0.1) is 5.41 Å². The zero-order valence-corrected chi connectivity index (χ0v) is 11.7. The monoisotopic (exact) mass is 250 g/mol. The summed E-state index contributed by atoms with van der Waals surface area (Å²) >= 11 is 0. The van der Waals surface area contributed by atoms with Crippen LogP contribution in [0.3, 0.4) is 0 Å². The van der Waals surface area contributed by atoms with Crippen molar-refractivity contribution in [3.8, 4) is 5.75 Å². The Bertz CT molecular complexity index is 453. The first-order valence-electron chi connectivity index (χ1n) is 6.10. The Morgan fingerprint density at radius 1 is 1.17 bits per heavy atom. The molecule has 0 aliphatic rings. The number of hydrogen-bond acceptors (Lipinski definition) is 2. The van der Waals surface area contributed by atoms with Crippen LogP contribution in [0.25, 0.3) is 0 Å². The molecule has 0 aromatic heterocycles. The first kappa shape index (κ1) is 14.6. The lowest BCUT2D eigenvalue weighted by Gasteiger charge is -2.34. The van der Waals surface area contributed by atoms with Crippen LogP contribution >= 0.6 is 0 Å². The molecular weight excluding hydrogens is 228 g/mol. The Labute approximate surface area is 108 Å². The molecule has 0 fully saturated rings. The molecule has 1 aromatic rings. The van der Waals surface area contributed by atoms with Crippen molar-refractivity contribution in [3.63, 3.8) is 0 Å². The van der Waals surface area contributed by atoms with Crippen LogP contribution in [0.1, 0.15) is 57.0 Å². The van der Waals surface area contributed by atoms with Crippen molar-refractivity contribution >= 4 is 5.97 Å². The average Bonchev–Trinajstić information content (AvgIpc) is 2.12. The van der Waals surface area contributed by atoms with Gasteiger partial charge in [0, 0.05) is 0 Å². The van der Waals surface area contributed by atoms with Crippen LogP contribution in [0.5, 0.6) is 5.75 Å². The first-order valence-corrected chi connectivity index (χ1v) is 6.10. The van der Waals surface area contributed by atoms with Gasteiger partial charge >= 0.3 is 5.97 Å². The summed E-state index contributed by atoms with van der Waals surface area (Å²) in [5.41, 5.74) is 0.492. The van der Waals surface area contributed by atoms with Crippen molar-refractivity contribution in [3.05, 3.63) is 29.3 Å². The number of carboxylic acids is 1. The molecule has 0 atom stereocenters. The van der Waals surface area contributed by atoms with Crippen molar-refractivity contribution < 1.29 is 15.0 Å². The Balaban J connectivity index is 3.32. The van der Waals surface area contributed by atoms with Gasteiger partial charge in [-0.25, -0.2) is 4.79 Å². The van der Waals surface area contributed by atoms with E-state index in [0.717, 1.165) is 6.42 Å². The summed E-state index contributed by atoms with van der Waals surface area (Å²) in [5.74, 6) is -1.24. The normalized spacial score (nSPS) is 12.5. The molecule has 0 aliphatic heterocycles. The highest BCUT2D eigenvalue weighted by molar-refractivity contribution is 5.93. The van der Waals surface area contributed by atoms with Gasteiger partial charge in [0.05, 0.1) is 0 Å². The second-order valence-corrected chi connectivity index (χ2v) is 6.63. The lowest BCUT2D eigenvalue weighted by molar-refractivity contribution is 0.0689. The zero-order valence-electron chi connectivity index (χ0n) is 11.7. The number of phenols is 1. The second kappa shape index (κ2) is 4.63. The molecule has 1 rings (SSSR count). The molecule has 0 aliphatic carbocycles. The fraction of sp³-hybridized carbons (Fsp3) is 0.533. The summed E-state index contributed by atoms with van der Waals surface area (Å²) in [4.78, 5) is 11.3. The molecular formula is C15H22O3. The number of aromatic carboxylic acids is 1. The van der Waals surface area contributed by atoms with Crippen molar-refractivity contribution in [2.75, 3.05) is 0 Å². The standard InChI is InChI=1S/C15H22O3/c1-14(2,3)9-15(4,5)10-7-6-8-11(16)12(10)13(17)18/h6-8,16H,9H2,1-5H3,(H,17,18). The average molecular weight is 250 g/mol. The fourth-order valence-electron chi connectivity index (χ4n) is 2.75. The van der Waals surface area contributed by atoms with E-state index in [2.05, 4.69) is 20.8 Å². The third-order valence-electron chi connectivity index (χ3n) is 2.96. The van der Waals surface area contributed by atoms with E-state index in [4.69, 9.17) is 0 Å². The smallest absolute Gasteiger partial charge is 0.339 e. The summed E-state index contributed by atoms with van der Waals surface area (Å²) in [6.45, 7) is 10.4. The number of hydrogen-bond donors (Lipinski definition) is 2. The molecule has 0 saturated heterocycles. The quantitative estimate of drug-likeness (QED) is 0.857. The van der Waals surface area contributed by atoms with E-state index in [9.17, 15) is 15.0 Å². The minimum absolute atomic E-state index is 0.0201. The van der Waals surface area contributed by atoms with Crippen molar-refractivity contribution in [2.24, 2.45) is 5.41 Å². The molecule has 0 unspecified atom stereocenters. The maximum Gasteiger partial charge on any atom is 0.339 e. The van der Waals surface area contributed by atoms with Gasteiger partial charge in [0.1, 0.15) is 11.3 Å². The number of benzene rings is 1. The minimum Gasteiger partial charge on any atom is -0.507 e. The first-order chi connectivity index (χ1) is 8.04. The highest BCUT2D eigenvalue weighted by Gasteiger charge is 2.31. The molecule has 100 valence electrons. The molecule has 0 saturated carbocycles. The maximum absolute atomic E-state index is 11.3. The molecule has 0 heterocycles. The molecule has 0 bridgehead atoms. The third-order valence-corrected chi connectivity index (χ3v) is 2.96. The van der Waals surface area contributed by atoms with Gasteiger partial charge in [-0.1, -0.05) is 46.8 Å². The van der Waals surface area contributed by atoms with Gasteiger partial charge in [-0.3, -0.25) is 0 Å². The molecule has 3 nitrogen and oxygen atoms in total. The van der Waals surface area contributed by atoms with Gasteiger partial charge in [0.25, 0.3) is 0 Å². The van der Waals surface area contributed by atoms with E-state index in [-0.39, 0.29) is 22.1 Å². The molecule has 1 aromatic carbocycles. The largest absolute Gasteiger partial charge is 0.507 e. The molecule has 2 N–H and O–H groups in total. The van der Waals surface area contributed by atoms with Crippen LogP contribution in [0.15, 0.2) is 18.2 Å². The number of carbonyl (C=O) groups is 1. The predicted octanol–water partition coefficient (Wildman–Crippen LogP) is 3.80. The number of carboxylic acid groups (broad SMARTS) is 1. The van der Waals surface area contributed by atoms with Crippen molar-refractivity contribution in [1.29, 1.82) is 0 Å². The Hall–Kier alpha value is -1.51. The van der Waals surface area contributed by atoms with Crippen molar-refractivity contribution in [1.82, 2.24) is 0 Å². The topological polar surface area (TPSA) is 57.5 Å². The van der Waals surface area contributed by atoms with Gasteiger partial charge < -0.3 is 10.2 Å². The highest BCUT2D eigenvalue weighted by Crippen LogP contribution is 2.39. The molecule has 0 spiro atoms. The lowest BCUT2D eigenvalue weighted by Crippen LogP contribution is -2.27. The summed E-state index contributed by atoms with van der Waals surface area (Å²) in [7, 11) is 0. The summed E-state index contributed by atoms with van der Waals surface area (Å²) < 4.78 is 0. The Kier molecular flexibility index (Phi) is 3.75. The maximum atomic E-state index is 11.3. The summed E-state index contributed by atoms with van der Waals surface area (Å²) in [5, 5.41) is 19.0. The summed E-state index contributed by atoms with van der Waals surface area (Å²) in [6.07, 6.45) is 0.837. The number of rotatable bonds is 3. The van der Waals surface area contributed by atoms with E-state index >= 15 is 0 Å². The Morgan fingerprint density at radius 2 is 1.72 bits per heavy atom. The molecule has 0 amide bonds. The lowest BCUT2D eigenvalue weighted by atomic mass is 9.71. The summed E-state index contributed by atoms with van der Waals surface area (Å²) in [6, 6.07) is 4.90. The van der Waals surface area contributed by atoms with E-state index in [1.165, 1.54) is 6.07 Å². The predicted molar refractivity (Wildman–Crippen MR) is 72.2 cm³/mol. The van der Waals surface area contributed by atoms with E-state index in [0.29, 0.717) is 5.56 Å². The van der Waals surface area contributed by atoms with Gasteiger partial charge in [-0.2, -0.15) is 0 Å². The minimum atomic E-state index is -1.08. The third kappa shape index (κ3) is 3.25. The van der Waals surface area contributed by atoms with Crippen LogP contribution in [-0.4, -0.2) is 16.2 Å². The molecule has 18 heavy (non-hydrogen) atoms. The van der Waals surface area contributed by atoms with Crippen LogP contribution in [0.2, 0.25) is 0 Å². The van der Waals surface area contributed by atoms with Crippen LogP contribution < -0.4 is 0 Å². The highest BCUT2D eigenvalue weighted by atomic mass is 16.4. The van der Waals surface area contributed by atoms with Gasteiger partial charge in [-0.05, 0) is 28.9 Å².